The lowest BCUT2D eigenvalue weighted by Crippen LogP contribution is -2.51. The van der Waals surface area contributed by atoms with Gasteiger partial charge in [0.1, 0.15) is 5.82 Å². The standard InChI is InChI=1S/C31H45FN4O2/c1-3-5-6-7-8-9-18-33-31(38)36(25-27-12-16-29(32)17-13-27)24-21-34-19-22-35(23-20-34)30(37)28-14-10-26(4-2)11-15-28/h10-17H,3-9,18-25H2,1-2H3,(H,33,38). The molecular formula is C31H45FN4O2. The van der Waals surface area contributed by atoms with Crippen LogP contribution in [0.15, 0.2) is 48.5 Å². The summed E-state index contributed by atoms with van der Waals surface area (Å²) in [7, 11) is 0. The van der Waals surface area contributed by atoms with Gasteiger partial charge >= 0.3 is 6.03 Å². The molecule has 1 heterocycles. The third-order valence-corrected chi connectivity index (χ3v) is 7.34. The smallest absolute Gasteiger partial charge is 0.317 e. The molecule has 6 nitrogen and oxygen atoms in total. The van der Waals surface area contributed by atoms with Crippen LogP contribution in [0.2, 0.25) is 0 Å². The maximum Gasteiger partial charge on any atom is 0.317 e. The summed E-state index contributed by atoms with van der Waals surface area (Å²) >= 11 is 0. The Morgan fingerprint density at radius 1 is 0.842 bits per heavy atom. The number of piperazine rings is 1. The summed E-state index contributed by atoms with van der Waals surface area (Å²) in [5.41, 5.74) is 2.88. The van der Waals surface area contributed by atoms with Crippen LogP contribution in [0.5, 0.6) is 0 Å². The maximum atomic E-state index is 13.4. The van der Waals surface area contributed by atoms with Gasteiger partial charge < -0.3 is 15.1 Å². The Bertz CT molecular complexity index is 972. The molecule has 3 rings (SSSR count). The van der Waals surface area contributed by atoms with E-state index in [0.717, 1.165) is 50.0 Å². The molecule has 0 saturated carbocycles. The molecule has 0 bridgehead atoms. The number of urea groups is 1. The second-order valence-electron chi connectivity index (χ2n) is 10.2. The zero-order chi connectivity index (χ0) is 27.2. The molecule has 7 heteroatoms. The van der Waals surface area contributed by atoms with Gasteiger partial charge in [0.05, 0.1) is 0 Å². The van der Waals surface area contributed by atoms with Crippen molar-refractivity contribution in [1.82, 2.24) is 20.0 Å². The van der Waals surface area contributed by atoms with E-state index < -0.39 is 0 Å². The molecule has 0 aliphatic carbocycles. The number of amides is 3. The number of aryl methyl sites for hydroxylation is 1. The molecule has 1 aliphatic rings. The summed E-state index contributed by atoms with van der Waals surface area (Å²) in [6.07, 6.45) is 8.04. The van der Waals surface area contributed by atoms with Crippen molar-refractivity contribution < 1.29 is 14.0 Å². The number of rotatable bonds is 14. The molecule has 0 atom stereocenters. The van der Waals surface area contributed by atoms with E-state index >= 15 is 0 Å². The molecule has 208 valence electrons. The fraction of sp³-hybridized carbons (Fsp3) is 0.548. The molecule has 0 radical (unpaired) electrons. The molecule has 0 spiro atoms. The SMILES string of the molecule is CCCCCCCCNC(=O)N(CCN1CCN(C(=O)c2ccc(CC)cc2)CC1)Cc1ccc(F)cc1. The zero-order valence-corrected chi connectivity index (χ0v) is 23.3. The average molecular weight is 525 g/mol. The summed E-state index contributed by atoms with van der Waals surface area (Å²) in [5, 5.41) is 3.08. The van der Waals surface area contributed by atoms with E-state index in [2.05, 4.69) is 24.1 Å². The highest BCUT2D eigenvalue weighted by molar-refractivity contribution is 5.94. The van der Waals surface area contributed by atoms with Crippen molar-refractivity contribution in [1.29, 1.82) is 0 Å². The molecule has 2 aromatic carbocycles. The van der Waals surface area contributed by atoms with Crippen LogP contribution in [0.4, 0.5) is 9.18 Å². The summed E-state index contributed by atoms with van der Waals surface area (Å²) in [5.74, 6) is -0.194. The topological polar surface area (TPSA) is 55.9 Å². The van der Waals surface area contributed by atoms with Crippen molar-refractivity contribution in [3.8, 4) is 0 Å². The number of halogens is 1. The van der Waals surface area contributed by atoms with Gasteiger partial charge in [0.25, 0.3) is 5.91 Å². The van der Waals surface area contributed by atoms with Gasteiger partial charge in [-0.15, -0.1) is 0 Å². The molecule has 38 heavy (non-hydrogen) atoms. The van der Waals surface area contributed by atoms with Crippen LogP contribution in [0, 0.1) is 5.82 Å². The van der Waals surface area contributed by atoms with Crippen molar-refractivity contribution >= 4 is 11.9 Å². The molecule has 0 aromatic heterocycles. The first kappa shape index (κ1) is 29.6. The van der Waals surface area contributed by atoms with Crippen molar-refractivity contribution in [2.45, 2.75) is 65.3 Å². The summed E-state index contributed by atoms with van der Waals surface area (Å²) < 4.78 is 13.4. The van der Waals surface area contributed by atoms with Gasteiger partial charge in [-0.3, -0.25) is 9.69 Å². The van der Waals surface area contributed by atoms with Gasteiger partial charge in [-0.2, -0.15) is 0 Å². The van der Waals surface area contributed by atoms with Crippen LogP contribution in [0.1, 0.15) is 73.9 Å². The largest absolute Gasteiger partial charge is 0.338 e. The van der Waals surface area contributed by atoms with Crippen molar-refractivity contribution in [2.75, 3.05) is 45.8 Å². The van der Waals surface area contributed by atoms with Gasteiger partial charge in [-0.05, 0) is 48.2 Å². The zero-order valence-electron chi connectivity index (χ0n) is 23.3. The molecule has 0 unspecified atom stereocenters. The number of nitrogens with zero attached hydrogens (tertiary/aromatic N) is 3. The normalized spacial score (nSPS) is 13.9. The predicted molar refractivity (Wildman–Crippen MR) is 152 cm³/mol. The van der Waals surface area contributed by atoms with E-state index in [1.54, 1.807) is 12.1 Å². The highest BCUT2D eigenvalue weighted by Crippen LogP contribution is 2.12. The maximum absolute atomic E-state index is 13.4. The first-order chi connectivity index (χ1) is 18.5. The molecular weight excluding hydrogens is 479 g/mol. The van der Waals surface area contributed by atoms with E-state index in [1.807, 2.05) is 34.1 Å². The Kier molecular flexibility index (Phi) is 12.6. The predicted octanol–water partition coefficient (Wildman–Crippen LogP) is 5.72. The molecule has 1 aliphatic heterocycles. The van der Waals surface area contributed by atoms with Crippen molar-refractivity contribution in [3.63, 3.8) is 0 Å². The lowest BCUT2D eigenvalue weighted by molar-refractivity contribution is 0.0627. The minimum Gasteiger partial charge on any atom is -0.338 e. The Hall–Kier alpha value is -2.93. The third-order valence-electron chi connectivity index (χ3n) is 7.34. The summed E-state index contributed by atoms with van der Waals surface area (Å²) in [6.45, 7) is 9.65. The van der Waals surface area contributed by atoms with E-state index in [1.165, 1.54) is 43.4 Å². The molecule has 1 fully saturated rings. The monoisotopic (exact) mass is 524 g/mol. The van der Waals surface area contributed by atoms with E-state index in [0.29, 0.717) is 32.7 Å². The van der Waals surface area contributed by atoms with E-state index in [4.69, 9.17) is 0 Å². The number of carbonyl (C=O) groups is 2. The third kappa shape index (κ3) is 9.75. The van der Waals surface area contributed by atoms with Crippen LogP contribution < -0.4 is 5.32 Å². The van der Waals surface area contributed by atoms with E-state index in [9.17, 15) is 14.0 Å². The Balaban J connectivity index is 1.47. The Morgan fingerprint density at radius 2 is 1.47 bits per heavy atom. The van der Waals surface area contributed by atoms with Crippen LogP contribution >= 0.6 is 0 Å². The molecule has 1 saturated heterocycles. The van der Waals surface area contributed by atoms with Gasteiger partial charge in [-0.25, -0.2) is 9.18 Å². The van der Waals surface area contributed by atoms with Crippen LogP contribution in [0.3, 0.4) is 0 Å². The van der Waals surface area contributed by atoms with Crippen LogP contribution in [-0.4, -0.2) is 72.5 Å². The molecule has 1 N–H and O–H groups in total. The number of nitrogens with one attached hydrogen (secondary N) is 1. The second-order valence-corrected chi connectivity index (χ2v) is 10.2. The van der Waals surface area contributed by atoms with E-state index in [-0.39, 0.29) is 17.8 Å². The number of hydrogen-bond donors (Lipinski definition) is 1. The van der Waals surface area contributed by atoms with Gasteiger partial charge in [0, 0.05) is 57.9 Å². The molecule has 3 amide bonds. The Labute approximate surface area is 228 Å². The second kappa shape index (κ2) is 16.1. The van der Waals surface area contributed by atoms with Gasteiger partial charge in [0.15, 0.2) is 0 Å². The Morgan fingerprint density at radius 3 is 2.13 bits per heavy atom. The molecule has 2 aromatic rings. The summed E-state index contributed by atoms with van der Waals surface area (Å²) in [4.78, 5) is 32.0. The number of unbranched alkanes of at least 4 members (excludes halogenated alkanes) is 5. The average Bonchev–Trinajstić information content (AvgIpc) is 2.95. The summed E-state index contributed by atoms with van der Waals surface area (Å²) in [6, 6.07) is 14.2. The fourth-order valence-electron chi connectivity index (χ4n) is 4.78. The highest BCUT2D eigenvalue weighted by atomic mass is 19.1. The quantitative estimate of drug-likeness (QED) is 0.322. The lowest BCUT2D eigenvalue weighted by atomic mass is 10.1. The van der Waals surface area contributed by atoms with Crippen molar-refractivity contribution in [2.24, 2.45) is 0 Å². The van der Waals surface area contributed by atoms with Crippen LogP contribution in [0.25, 0.3) is 0 Å². The minimum atomic E-state index is -0.276. The number of benzene rings is 2. The highest BCUT2D eigenvalue weighted by Gasteiger charge is 2.23. The van der Waals surface area contributed by atoms with Crippen LogP contribution in [-0.2, 0) is 13.0 Å². The van der Waals surface area contributed by atoms with Gasteiger partial charge in [0.2, 0.25) is 0 Å². The first-order valence-corrected chi connectivity index (χ1v) is 14.4. The number of hydrogen-bond acceptors (Lipinski definition) is 3. The van der Waals surface area contributed by atoms with Gasteiger partial charge in [-0.1, -0.05) is 70.2 Å². The first-order valence-electron chi connectivity index (χ1n) is 14.4. The number of carbonyl (C=O) groups excluding carboxylic acids is 2. The van der Waals surface area contributed by atoms with Crippen molar-refractivity contribution in [3.05, 3.63) is 71.0 Å². The fourth-order valence-corrected chi connectivity index (χ4v) is 4.78. The lowest BCUT2D eigenvalue weighted by Gasteiger charge is -2.36. The minimum absolute atomic E-state index is 0.0766.